The second kappa shape index (κ2) is 7.82. The minimum atomic E-state index is -3.45. The molecule has 0 aliphatic rings. The fraction of sp³-hybridized carbons (Fsp3) is 0.429. The highest BCUT2D eigenvalue weighted by molar-refractivity contribution is 7.90. The summed E-state index contributed by atoms with van der Waals surface area (Å²) in [4.78, 5) is 15.6. The molecule has 2 rings (SSSR count). The van der Waals surface area contributed by atoms with Crippen LogP contribution < -0.4 is 5.32 Å². The first-order valence-corrected chi connectivity index (χ1v) is 9.06. The van der Waals surface area contributed by atoms with Gasteiger partial charge in [0.25, 0.3) is 5.91 Å². The van der Waals surface area contributed by atoms with E-state index in [1.54, 1.807) is 18.3 Å². The molecule has 0 fully saturated rings. The van der Waals surface area contributed by atoms with Gasteiger partial charge in [0.05, 0.1) is 5.56 Å². The van der Waals surface area contributed by atoms with Crippen molar-refractivity contribution in [3.05, 3.63) is 36.0 Å². The summed E-state index contributed by atoms with van der Waals surface area (Å²) in [5, 5.41) is 9.65. The molecule has 8 nitrogen and oxygen atoms in total. The van der Waals surface area contributed by atoms with Crippen LogP contribution in [-0.2, 0) is 16.3 Å². The molecule has 9 heteroatoms. The van der Waals surface area contributed by atoms with Crippen molar-refractivity contribution in [1.29, 1.82) is 0 Å². The fourth-order valence-electron chi connectivity index (χ4n) is 1.87. The van der Waals surface area contributed by atoms with Gasteiger partial charge in [-0.1, -0.05) is 11.5 Å². The number of hydrogen-bond donors (Lipinski definition) is 1. The molecule has 1 N–H and O–H groups in total. The van der Waals surface area contributed by atoms with Crippen molar-refractivity contribution in [1.82, 2.24) is 20.5 Å². The highest BCUT2D eigenvalue weighted by Crippen LogP contribution is 2.09. The molecule has 2 heterocycles. The normalized spacial score (nSPS) is 11.3. The summed E-state index contributed by atoms with van der Waals surface area (Å²) in [5.74, 6) is 0.164. The summed E-state index contributed by atoms with van der Waals surface area (Å²) in [7, 11) is -3.45. The summed E-state index contributed by atoms with van der Waals surface area (Å²) >= 11 is 0. The maximum atomic E-state index is 11.8. The van der Waals surface area contributed by atoms with Gasteiger partial charge in [-0.15, -0.1) is 5.10 Å². The lowest BCUT2D eigenvalue weighted by Gasteiger charge is -2.04. The molecule has 124 valence electrons. The summed E-state index contributed by atoms with van der Waals surface area (Å²) in [6, 6.07) is 3.42. The van der Waals surface area contributed by atoms with E-state index in [0.717, 1.165) is 25.5 Å². The summed E-state index contributed by atoms with van der Waals surface area (Å²) in [6.07, 6.45) is 7.10. The zero-order valence-electron chi connectivity index (χ0n) is 12.7. The van der Waals surface area contributed by atoms with Crippen molar-refractivity contribution in [3.63, 3.8) is 0 Å². The molecule has 0 saturated carbocycles. The minimum absolute atomic E-state index is 0.146. The molecule has 0 aromatic carbocycles. The van der Waals surface area contributed by atoms with Gasteiger partial charge in [0.15, 0.2) is 0 Å². The first kappa shape index (κ1) is 17.1. The molecule has 0 aliphatic carbocycles. The van der Waals surface area contributed by atoms with Gasteiger partial charge in [0.2, 0.25) is 15.7 Å². The van der Waals surface area contributed by atoms with Gasteiger partial charge in [0, 0.05) is 31.6 Å². The van der Waals surface area contributed by atoms with Crippen molar-refractivity contribution in [3.8, 4) is 0 Å². The van der Waals surface area contributed by atoms with Crippen LogP contribution in [0.25, 0.3) is 0 Å². The van der Waals surface area contributed by atoms with E-state index < -0.39 is 9.84 Å². The summed E-state index contributed by atoms with van der Waals surface area (Å²) in [5.41, 5.74) is 0.534. The Labute approximate surface area is 134 Å². The maximum absolute atomic E-state index is 11.8. The molecular formula is C14H18N4O4S. The number of pyridine rings is 1. The van der Waals surface area contributed by atoms with Crippen LogP contribution in [0, 0.1) is 0 Å². The molecule has 0 radical (unpaired) electrons. The predicted molar refractivity (Wildman–Crippen MR) is 81.5 cm³/mol. The number of aryl methyl sites for hydroxylation is 1. The Morgan fingerprint density at radius 1 is 1.26 bits per heavy atom. The lowest BCUT2D eigenvalue weighted by atomic mass is 10.2. The van der Waals surface area contributed by atoms with E-state index in [1.807, 2.05) is 0 Å². The number of amides is 1. The van der Waals surface area contributed by atoms with Gasteiger partial charge in [-0.05, 0) is 25.0 Å². The molecule has 1 amide bonds. The van der Waals surface area contributed by atoms with Gasteiger partial charge in [-0.2, -0.15) is 0 Å². The summed E-state index contributed by atoms with van der Waals surface area (Å²) < 4.78 is 27.5. The molecule has 2 aromatic rings. The van der Waals surface area contributed by atoms with Crippen LogP contribution in [0.3, 0.4) is 0 Å². The largest absolute Gasteiger partial charge is 0.413 e. The molecule has 0 atom stereocenters. The molecule has 0 unspecified atom stereocenters. The number of nitrogens with zero attached hydrogens (tertiary/aromatic N) is 3. The molecule has 23 heavy (non-hydrogen) atoms. The van der Waals surface area contributed by atoms with E-state index in [2.05, 4.69) is 20.5 Å². The van der Waals surface area contributed by atoms with Gasteiger partial charge >= 0.3 is 5.22 Å². The first-order valence-electron chi connectivity index (χ1n) is 7.17. The number of unbranched alkanes of at least 4 members (excludes halogenated alkanes) is 2. The SMILES string of the molecule is CS(=O)(=O)c1nnc(CCCCCNC(=O)c2cccnc2)o1. The van der Waals surface area contributed by atoms with Crippen LogP contribution in [-0.4, -0.2) is 42.3 Å². The maximum Gasteiger partial charge on any atom is 0.335 e. The lowest BCUT2D eigenvalue weighted by molar-refractivity contribution is 0.0952. The number of hydrogen-bond acceptors (Lipinski definition) is 7. The Morgan fingerprint density at radius 3 is 2.74 bits per heavy atom. The van der Waals surface area contributed by atoms with Crippen LogP contribution >= 0.6 is 0 Å². The molecule has 0 spiro atoms. The second-order valence-corrected chi connectivity index (χ2v) is 6.94. The smallest absolute Gasteiger partial charge is 0.335 e. The third-order valence-corrected chi connectivity index (χ3v) is 3.84. The third-order valence-electron chi connectivity index (χ3n) is 3.04. The van der Waals surface area contributed by atoms with Crippen LogP contribution in [0.2, 0.25) is 0 Å². The standard InChI is InChI=1S/C14H18N4O4S/c1-23(20,21)14-18-17-12(22-14)7-3-2-4-9-16-13(19)11-6-5-8-15-10-11/h5-6,8,10H,2-4,7,9H2,1H3,(H,16,19). The first-order chi connectivity index (χ1) is 11.0. The Kier molecular flexibility index (Phi) is 5.80. The molecule has 2 aromatic heterocycles. The van der Waals surface area contributed by atoms with Gasteiger partial charge in [-0.25, -0.2) is 8.42 Å². The van der Waals surface area contributed by atoms with Crippen LogP contribution in [0.5, 0.6) is 0 Å². The number of rotatable bonds is 8. The van der Waals surface area contributed by atoms with E-state index >= 15 is 0 Å². The number of carbonyl (C=O) groups excluding carboxylic acids is 1. The average Bonchev–Trinajstić information content (AvgIpc) is 3.00. The van der Waals surface area contributed by atoms with E-state index in [4.69, 9.17) is 4.42 Å². The fourth-order valence-corrected chi connectivity index (χ4v) is 2.30. The zero-order chi connectivity index (χ0) is 16.7. The van der Waals surface area contributed by atoms with E-state index in [1.165, 1.54) is 6.20 Å². The van der Waals surface area contributed by atoms with Crippen molar-refractivity contribution in [2.45, 2.75) is 30.9 Å². The Hall–Kier alpha value is -2.29. The van der Waals surface area contributed by atoms with Crippen LogP contribution in [0.1, 0.15) is 35.5 Å². The van der Waals surface area contributed by atoms with E-state index in [0.29, 0.717) is 24.4 Å². The number of nitrogens with one attached hydrogen (secondary N) is 1. The molecular weight excluding hydrogens is 320 g/mol. The van der Waals surface area contributed by atoms with Gasteiger partial charge < -0.3 is 9.73 Å². The Balaban J connectivity index is 1.63. The average molecular weight is 338 g/mol. The lowest BCUT2D eigenvalue weighted by Crippen LogP contribution is -2.24. The van der Waals surface area contributed by atoms with Gasteiger partial charge in [-0.3, -0.25) is 9.78 Å². The molecule has 0 bridgehead atoms. The van der Waals surface area contributed by atoms with Gasteiger partial charge in [0.1, 0.15) is 0 Å². The molecule has 0 aliphatic heterocycles. The monoisotopic (exact) mass is 338 g/mol. The highest BCUT2D eigenvalue weighted by atomic mass is 32.2. The number of carbonyl (C=O) groups is 1. The number of sulfone groups is 1. The Morgan fingerprint density at radius 2 is 2.09 bits per heavy atom. The Bertz CT molecular complexity index is 743. The highest BCUT2D eigenvalue weighted by Gasteiger charge is 2.16. The zero-order valence-corrected chi connectivity index (χ0v) is 13.5. The minimum Gasteiger partial charge on any atom is -0.413 e. The van der Waals surface area contributed by atoms with Crippen molar-refractivity contribution < 1.29 is 17.6 Å². The van der Waals surface area contributed by atoms with Crippen molar-refractivity contribution in [2.75, 3.05) is 12.8 Å². The predicted octanol–water partition coefficient (Wildman–Crippen LogP) is 1.01. The number of aromatic nitrogens is 3. The molecule has 0 saturated heterocycles. The van der Waals surface area contributed by atoms with E-state index in [-0.39, 0.29) is 11.1 Å². The van der Waals surface area contributed by atoms with E-state index in [9.17, 15) is 13.2 Å². The third kappa shape index (κ3) is 5.44. The second-order valence-electron chi connectivity index (χ2n) is 5.04. The van der Waals surface area contributed by atoms with Crippen LogP contribution in [0.15, 0.2) is 34.2 Å². The van der Waals surface area contributed by atoms with Crippen molar-refractivity contribution >= 4 is 15.7 Å². The summed E-state index contributed by atoms with van der Waals surface area (Å²) in [6.45, 7) is 0.562. The quantitative estimate of drug-likeness (QED) is 0.714. The van der Waals surface area contributed by atoms with Crippen LogP contribution in [0.4, 0.5) is 0 Å². The topological polar surface area (TPSA) is 115 Å². The van der Waals surface area contributed by atoms with Crippen molar-refractivity contribution in [2.24, 2.45) is 0 Å².